The van der Waals surface area contributed by atoms with E-state index in [1.54, 1.807) is 40.1 Å². The molecule has 3 aromatic carbocycles. The van der Waals surface area contributed by atoms with Crippen LogP contribution < -0.4 is 15.7 Å². The topological polar surface area (TPSA) is 156 Å². The summed E-state index contributed by atoms with van der Waals surface area (Å²) in [6, 6.07) is 20.1. The van der Waals surface area contributed by atoms with E-state index in [-0.39, 0.29) is 45.6 Å². The number of piperidine rings is 2. The molecule has 0 saturated carbocycles. The fourth-order valence-electron chi connectivity index (χ4n) is 6.96. The number of nitrogens with zero attached hydrogens (tertiary/aromatic N) is 5. The summed E-state index contributed by atoms with van der Waals surface area (Å²) in [7, 11) is -2.98. The van der Waals surface area contributed by atoms with E-state index in [1.165, 1.54) is 54.1 Å². The third kappa shape index (κ3) is 7.56. The molecule has 2 fully saturated rings. The van der Waals surface area contributed by atoms with Gasteiger partial charge in [0.15, 0.2) is 0 Å². The number of ether oxygens (including phenoxy) is 2. The third-order valence-corrected chi connectivity index (χ3v) is 11.3. The Bertz CT molecular complexity index is 2130. The first-order chi connectivity index (χ1) is 24.8. The summed E-state index contributed by atoms with van der Waals surface area (Å²) in [5.74, 6) is 0.102. The zero-order chi connectivity index (χ0) is 37.2. The van der Waals surface area contributed by atoms with Gasteiger partial charge in [0.1, 0.15) is 17.4 Å². The number of aromatic nitrogens is 2. The smallest absolute Gasteiger partial charge is 0.410 e. The normalized spacial score (nSPS) is 16.8. The Labute approximate surface area is 303 Å². The van der Waals surface area contributed by atoms with Crippen LogP contribution in [0.1, 0.15) is 63.6 Å². The van der Waals surface area contributed by atoms with E-state index in [2.05, 4.69) is 11.4 Å². The van der Waals surface area contributed by atoms with Crippen molar-refractivity contribution in [1.29, 1.82) is 5.26 Å². The van der Waals surface area contributed by atoms with Crippen LogP contribution in [0.5, 0.6) is 5.75 Å². The van der Waals surface area contributed by atoms with Crippen molar-refractivity contribution < 1.29 is 27.5 Å². The van der Waals surface area contributed by atoms with Gasteiger partial charge in [-0.05, 0) is 94.5 Å². The highest BCUT2D eigenvalue weighted by atomic mass is 32.2. The van der Waals surface area contributed by atoms with Crippen LogP contribution in [0.15, 0.2) is 82.5 Å². The van der Waals surface area contributed by atoms with Crippen LogP contribution in [0.4, 0.5) is 4.79 Å². The van der Waals surface area contributed by atoms with Gasteiger partial charge in [-0.1, -0.05) is 30.3 Å². The maximum atomic E-state index is 14.6. The lowest BCUT2D eigenvalue weighted by molar-refractivity contribution is -0.134. The monoisotopic (exact) mass is 728 g/mol. The molecular weight excluding hydrogens is 685 g/mol. The predicted octanol–water partition coefficient (Wildman–Crippen LogP) is 4.49. The second kappa shape index (κ2) is 14.8. The minimum absolute atomic E-state index is 0.0502. The number of nitriles is 1. The van der Waals surface area contributed by atoms with E-state index in [0.29, 0.717) is 54.3 Å². The predicted molar refractivity (Wildman–Crippen MR) is 195 cm³/mol. The lowest BCUT2D eigenvalue weighted by Gasteiger charge is -2.39. The molecule has 1 unspecified atom stereocenters. The Morgan fingerprint density at radius 1 is 0.865 bits per heavy atom. The van der Waals surface area contributed by atoms with Crippen molar-refractivity contribution in [2.24, 2.45) is 0 Å². The molecule has 2 aliphatic heterocycles. The number of methoxy groups -OCH3 is 1. The van der Waals surface area contributed by atoms with Gasteiger partial charge in [0.05, 0.1) is 34.7 Å². The number of amides is 2. The number of hydrogen-bond acceptors (Lipinski definition) is 9. The van der Waals surface area contributed by atoms with Gasteiger partial charge in [0.2, 0.25) is 5.91 Å². The molecule has 2 aliphatic rings. The van der Waals surface area contributed by atoms with Crippen LogP contribution in [0.25, 0.3) is 11.0 Å². The van der Waals surface area contributed by atoms with Gasteiger partial charge in [-0.25, -0.2) is 18.0 Å². The van der Waals surface area contributed by atoms with Crippen molar-refractivity contribution in [2.75, 3.05) is 33.3 Å². The highest BCUT2D eigenvalue weighted by Gasteiger charge is 2.36. The van der Waals surface area contributed by atoms with Gasteiger partial charge in [0, 0.05) is 38.3 Å². The second-order valence-electron chi connectivity index (χ2n) is 14.2. The Kier molecular flexibility index (Phi) is 10.5. The minimum atomic E-state index is -4.44. The van der Waals surface area contributed by atoms with Gasteiger partial charge in [-0.15, -0.1) is 0 Å². The number of imidazole rings is 1. The number of nitrogens with one attached hydrogen (secondary N) is 1. The number of carbonyl (C=O) groups excluding carboxylic acids is 2. The van der Waals surface area contributed by atoms with Crippen LogP contribution in [-0.4, -0.2) is 89.7 Å². The third-order valence-electron chi connectivity index (χ3n) is 9.59. The molecule has 52 heavy (non-hydrogen) atoms. The van der Waals surface area contributed by atoms with Gasteiger partial charge < -0.3 is 24.6 Å². The molecular formula is C38H44N6O7S. The number of fused-ring (bicyclic) bond motifs is 1. The molecule has 6 rings (SSSR count). The first-order valence-electron chi connectivity index (χ1n) is 17.4. The van der Waals surface area contributed by atoms with Crippen molar-refractivity contribution >= 4 is 33.1 Å². The van der Waals surface area contributed by atoms with E-state index in [4.69, 9.17) is 9.47 Å². The van der Waals surface area contributed by atoms with Crippen molar-refractivity contribution in [2.45, 2.75) is 75.1 Å². The molecule has 2 amide bonds. The van der Waals surface area contributed by atoms with Gasteiger partial charge in [0.25, 0.3) is 10.0 Å². The Morgan fingerprint density at radius 2 is 1.46 bits per heavy atom. The van der Waals surface area contributed by atoms with E-state index in [9.17, 15) is 28.1 Å². The van der Waals surface area contributed by atoms with Crippen LogP contribution >= 0.6 is 0 Å². The first-order valence-corrected chi connectivity index (χ1v) is 18.9. The molecule has 4 aromatic rings. The molecule has 1 aromatic heterocycles. The summed E-state index contributed by atoms with van der Waals surface area (Å²) in [5, 5.41) is 13.5. The molecule has 0 aliphatic carbocycles. The van der Waals surface area contributed by atoms with Crippen molar-refractivity contribution in [1.82, 2.24) is 23.7 Å². The van der Waals surface area contributed by atoms with E-state index < -0.39 is 27.4 Å². The zero-order valence-electron chi connectivity index (χ0n) is 29.8. The lowest BCUT2D eigenvalue weighted by atomic mass is 9.98. The van der Waals surface area contributed by atoms with Crippen LogP contribution in [0.3, 0.4) is 0 Å². The zero-order valence-corrected chi connectivity index (χ0v) is 30.6. The summed E-state index contributed by atoms with van der Waals surface area (Å²) in [4.78, 5) is 44.9. The summed E-state index contributed by atoms with van der Waals surface area (Å²) >= 11 is 0. The number of rotatable bonds is 8. The van der Waals surface area contributed by atoms with Gasteiger partial charge in [-0.3, -0.25) is 9.36 Å². The number of benzene rings is 3. The van der Waals surface area contributed by atoms with Crippen molar-refractivity contribution in [3.8, 4) is 11.8 Å². The minimum Gasteiger partial charge on any atom is -0.497 e. The standard InChI is InChI=1S/C38H44N6O7S/c1-38(2,3)51-37(47)42-22-18-29(19-23-42)40-28-16-20-41(21-17-28)35(45)34(27-8-6-5-7-9-27)43-33-24-26(25-39)10-15-32(33)44(36(43)46)52(48,49)31-13-11-30(50-4)12-14-31/h5-15,24,28-29,34,40H,16-23H2,1-4H3. The second-order valence-corrected chi connectivity index (χ2v) is 16.0. The largest absolute Gasteiger partial charge is 0.497 e. The molecule has 0 bridgehead atoms. The fourth-order valence-corrected chi connectivity index (χ4v) is 8.36. The first kappa shape index (κ1) is 36.7. The van der Waals surface area contributed by atoms with Gasteiger partial charge >= 0.3 is 11.8 Å². The fraction of sp³-hybridized carbons (Fsp3) is 0.421. The molecule has 274 valence electrons. The summed E-state index contributed by atoms with van der Waals surface area (Å²) in [6.45, 7) is 7.63. The molecule has 13 nitrogen and oxygen atoms in total. The van der Waals surface area contributed by atoms with E-state index in [1.807, 2.05) is 20.8 Å². The lowest BCUT2D eigenvalue weighted by Crippen LogP contribution is -2.52. The van der Waals surface area contributed by atoms with Crippen LogP contribution in [0.2, 0.25) is 0 Å². The van der Waals surface area contributed by atoms with E-state index >= 15 is 0 Å². The maximum absolute atomic E-state index is 14.6. The summed E-state index contributed by atoms with van der Waals surface area (Å²) in [5.41, 5.74) is -0.543. The van der Waals surface area contributed by atoms with E-state index in [0.717, 1.165) is 12.8 Å². The highest BCUT2D eigenvalue weighted by Crippen LogP contribution is 2.30. The average molecular weight is 729 g/mol. The molecule has 2 saturated heterocycles. The maximum Gasteiger partial charge on any atom is 0.410 e. The summed E-state index contributed by atoms with van der Waals surface area (Å²) < 4.78 is 40.8. The molecule has 1 atom stereocenters. The molecule has 0 spiro atoms. The quantitative estimate of drug-likeness (QED) is 0.276. The van der Waals surface area contributed by atoms with Gasteiger partial charge in [-0.2, -0.15) is 9.23 Å². The van der Waals surface area contributed by atoms with Crippen LogP contribution in [-0.2, 0) is 19.6 Å². The highest BCUT2D eigenvalue weighted by molar-refractivity contribution is 7.90. The average Bonchev–Trinajstić information content (AvgIpc) is 3.43. The Balaban J connectivity index is 1.26. The van der Waals surface area contributed by atoms with Crippen LogP contribution in [0, 0.1) is 11.3 Å². The molecule has 1 N–H and O–H groups in total. The SMILES string of the molecule is COc1ccc(S(=O)(=O)n2c(=O)n(C(C(=O)N3CCC(NC4CCN(C(=O)OC(C)(C)C)CC4)CC3)c3ccccc3)c3cc(C#N)ccc32)cc1. The number of hydrogen-bond donors (Lipinski definition) is 1. The molecule has 3 heterocycles. The molecule has 0 radical (unpaired) electrons. The Hall–Kier alpha value is -5.13. The van der Waals surface area contributed by atoms with Crippen molar-refractivity contribution in [3.05, 3.63) is 94.4 Å². The van der Waals surface area contributed by atoms with Crippen molar-refractivity contribution in [3.63, 3.8) is 0 Å². The number of likely N-dealkylation sites (tertiary alicyclic amines) is 2. The summed E-state index contributed by atoms with van der Waals surface area (Å²) in [6.07, 6.45) is 2.66. The molecule has 14 heteroatoms. The Morgan fingerprint density at radius 3 is 2.02 bits per heavy atom. The number of carbonyl (C=O) groups is 2.